The maximum Gasteiger partial charge on any atom is 0.158 e. The molecule has 15 heavy (non-hydrogen) atoms. The average molecular weight is 212 g/mol. The monoisotopic (exact) mass is 212 g/mol. The minimum Gasteiger partial charge on any atom is -0.497 e. The van der Waals surface area contributed by atoms with E-state index in [4.69, 9.17) is 14.2 Å². The maximum absolute atomic E-state index is 9.38. The van der Waals surface area contributed by atoms with E-state index in [1.54, 1.807) is 20.3 Å². The number of methoxy groups -OCH3 is 3. The van der Waals surface area contributed by atoms with Gasteiger partial charge in [0.25, 0.3) is 0 Å². The lowest BCUT2D eigenvalue weighted by Crippen LogP contribution is -2.13. The number of aliphatic hydroxyl groups excluding tert-OH is 1. The first-order valence-electron chi connectivity index (χ1n) is 4.63. The third-order valence-corrected chi connectivity index (χ3v) is 2.15. The van der Waals surface area contributed by atoms with E-state index in [-0.39, 0.29) is 0 Å². The molecule has 0 fully saturated rings. The Morgan fingerprint density at radius 1 is 1.20 bits per heavy atom. The Hall–Kier alpha value is -1.26. The molecule has 0 spiro atoms. The van der Waals surface area contributed by atoms with Crippen LogP contribution in [-0.4, -0.2) is 32.7 Å². The van der Waals surface area contributed by atoms with E-state index in [0.29, 0.717) is 12.2 Å². The van der Waals surface area contributed by atoms with Gasteiger partial charge in [-0.15, -0.1) is 0 Å². The summed E-state index contributed by atoms with van der Waals surface area (Å²) in [5.74, 6) is 1.45. The van der Waals surface area contributed by atoms with Gasteiger partial charge >= 0.3 is 0 Å². The quantitative estimate of drug-likeness (QED) is 0.745. The first kappa shape index (κ1) is 11.8. The molecule has 4 nitrogen and oxygen atoms in total. The molecule has 1 unspecified atom stereocenters. The fraction of sp³-hybridized carbons (Fsp3) is 0.455. The van der Waals surface area contributed by atoms with E-state index in [0.717, 1.165) is 11.3 Å². The maximum atomic E-state index is 9.38. The van der Waals surface area contributed by atoms with E-state index >= 15 is 0 Å². The Balaban J connectivity index is 2.90. The molecule has 0 aliphatic carbocycles. The van der Waals surface area contributed by atoms with Crippen molar-refractivity contribution in [2.24, 2.45) is 0 Å². The van der Waals surface area contributed by atoms with Crippen LogP contribution in [0.1, 0.15) is 5.56 Å². The molecule has 0 saturated heterocycles. The zero-order valence-corrected chi connectivity index (χ0v) is 9.19. The first-order valence-corrected chi connectivity index (χ1v) is 4.63. The van der Waals surface area contributed by atoms with Crippen LogP contribution in [-0.2, 0) is 11.2 Å². The van der Waals surface area contributed by atoms with Crippen molar-refractivity contribution < 1.29 is 19.3 Å². The van der Waals surface area contributed by atoms with Gasteiger partial charge in [0.2, 0.25) is 0 Å². The average Bonchev–Trinajstić information content (AvgIpc) is 2.28. The lowest BCUT2D eigenvalue weighted by Gasteiger charge is -2.13. The van der Waals surface area contributed by atoms with Gasteiger partial charge in [-0.25, -0.2) is 0 Å². The predicted molar refractivity (Wildman–Crippen MR) is 56.3 cm³/mol. The van der Waals surface area contributed by atoms with Crippen LogP contribution >= 0.6 is 0 Å². The molecule has 84 valence electrons. The highest BCUT2D eigenvalue weighted by Gasteiger charge is 2.10. The largest absolute Gasteiger partial charge is 0.497 e. The Kier molecular flexibility index (Phi) is 4.39. The van der Waals surface area contributed by atoms with Crippen molar-refractivity contribution in [1.29, 1.82) is 0 Å². The second-order valence-electron chi connectivity index (χ2n) is 3.07. The lowest BCUT2D eigenvalue weighted by atomic mass is 10.1. The number of rotatable bonds is 5. The summed E-state index contributed by atoms with van der Waals surface area (Å²) in [4.78, 5) is 0. The van der Waals surface area contributed by atoms with Crippen molar-refractivity contribution >= 4 is 0 Å². The van der Waals surface area contributed by atoms with Crippen molar-refractivity contribution in [1.82, 2.24) is 0 Å². The number of hydrogen-bond donors (Lipinski definition) is 1. The molecule has 0 aliphatic rings. The van der Waals surface area contributed by atoms with E-state index in [1.165, 1.54) is 7.11 Å². The molecule has 0 amide bonds. The summed E-state index contributed by atoms with van der Waals surface area (Å²) in [6.07, 6.45) is -0.456. The van der Waals surface area contributed by atoms with Gasteiger partial charge in [-0.3, -0.25) is 0 Å². The van der Waals surface area contributed by atoms with Gasteiger partial charge < -0.3 is 19.3 Å². The van der Waals surface area contributed by atoms with Gasteiger partial charge in [0.15, 0.2) is 6.29 Å². The van der Waals surface area contributed by atoms with E-state index in [1.807, 2.05) is 12.1 Å². The van der Waals surface area contributed by atoms with Crippen molar-refractivity contribution in [3.05, 3.63) is 23.8 Å². The van der Waals surface area contributed by atoms with Crippen LogP contribution in [0.25, 0.3) is 0 Å². The van der Waals surface area contributed by atoms with Crippen LogP contribution < -0.4 is 9.47 Å². The predicted octanol–water partition coefficient (Wildman–Crippen LogP) is 1.21. The van der Waals surface area contributed by atoms with Gasteiger partial charge in [0, 0.05) is 19.1 Å². The molecule has 0 aliphatic heterocycles. The van der Waals surface area contributed by atoms with Crippen molar-refractivity contribution in [3.8, 4) is 11.5 Å². The van der Waals surface area contributed by atoms with Crippen LogP contribution in [0.5, 0.6) is 11.5 Å². The van der Waals surface area contributed by atoms with Crippen LogP contribution in [0.2, 0.25) is 0 Å². The van der Waals surface area contributed by atoms with Gasteiger partial charge in [0.1, 0.15) is 11.5 Å². The van der Waals surface area contributed by atoms with Gasteiger partial charge in [-0.05, 0) is 18.2 Å². The van der Waals surface area contributed by atoms with E-state index in [2.05, 4.69) is 0 Å². The second kappa shape index (κ2) is 5.58. The molecule has 0 heterocycles. The normalized spacial score (nSPS) is 12.3. The SMILES string of the molecule is COc1ccc(OC)c(CC(O)OC)c1. The molecule has 1 aromatic rings. The minimum atomic E-state index is -0.828. The molecular formula is C11H16O4. The third kappa shape index (κ3) is 3.11. The van der Waals surface area contributed by atoms with Crippen LogP contribution in [0.3, 0.4) is 0 Å². The third-order valence-electron chi connectivity index (χ3n) is 2.15. The van der Waals surface area contributed by atoms with Gasteiger partial charge in [0.05, 0.1) is 14.2 Å². The van der Waals surface area contributed by atoms with Crippen LogP contribution in [0.4, 0.5) is 0 Å². The molecule has 1 aromatic carbocycles. The standard InChI is InChI=1S/C11H16O4/c1-13-9-4-5-10(14-2)8(6-9)7-11(12)15-3/h4-6,11-12H,7H2,1-3H3. The molecular weight excluding hydrogens is 196 g/mol. The highest BCUT2D eigenvalue weighted by Crippen LogP contribution is 2.25. The number of benzene rings is 1. The lowest BCUT2D eigenvalue weighted by molar-refractivity contribution is -0.0723. The summed E-state index contributed by atoms with van der Waals surface area (Å²) < 4.78 is 15.0. The topological polar surface area (TPSA) is 47.9 Å². The summed E-state index contributed by atoms with van der Waals surface area (Å²) in [5, 5.41) is 9.38. The van der Waals surface area contributed by atoms with E-state index in [9.17, 15) is 5.11 Å². The highest BCUT2D eigenvalue weighted by atomic mass is 16.6. The molecule has 0 bridgehead atoms. The second-order valence-corrected chi connectivity index (χ2v) is 3.07. The summed E-state index contributed by atoms with van der Waals surface area (Å²) in [6, 6.07) is 5.43. The minimum absolute atomic E-state index is 0.372. The molecule has 0 aromatic heterocycles. The smallest absolute Gasteiger partial charge is 0.158 e. The van der Waals surface area contributed by atoms with Crippen molar-refractivity contribution in [2.45, 2.75) is 12.7 Å². The summed E-state index contributed by atoms with van der Waals surface area (Å²) >= 11 is 0. The fourth-order valence-corrected chi connectivity index (χ4v) is 1.31. The fourth-order valence-electron chi connectivity index (χ4n) is 1.31. The zero-order chi connectivity index (χ0) is 11.3. The molecule has 0 saturated carbocycles. The van der Waals surface area contributed by atoms with E-state index < -0.39 is 6.29 Å². The zero-order valence-electron chi connectivity index (χ0n) is 9.19. The molecule has 1 atom stereocenters. The van der Waals surface area contributed by atoms with Crippen molar-refractivity contribution in [2.75, 3.05) is 21.3 Å². The van der Waals surface area contributed by atoms with Gasteiger partial charge in [-0.2, -0.15) is 0 Å². The Morgan fingerprint density at radius 2 is 1.93 bits per heavy atom. The number of aliphatic hydroxyl groups is 1. The molecule has 0 radical (unpaired) electrons. The first-order chi connectivity index (χ1) is 7.21. The van der Waals surface area contributed by atoms with Crippen molar-refractivity contribution in [3.63, 3.8) is 0 Å². The summed E-state index contributed by atoms with van der Waals surface area (Å²) in [7, 11) is 4.64. The highest BCUT2D eigenvalue weighted by molar-refractivity contribution is 5.40. The van der Waals surface area contributed by atoms with Gasteiger partial charge in [-0.1, -0.05) is 0 Å². The molecule has 1 rings (SSSR count). The molecule has 4 heteroatoms. The Bertz CT molecular complexity index is 311. The van der Waals surface area contributed by atoms with Crippen LogP contribution in [0, 0.1) is 0 Å². The summed E-state index contributed by atoms with van der Waals surface area (Å²) in [6.45, 7) is 0. The Morgan fingerprint density at radius 3 is 2.47 bits per heavy atom. The van der Waals surface area contributed by atoms with Crippen LogP contribution in [0.15, 0.2) is 18.2 Å². The number of ether oxygens (including phenoxy) is 3. The number of hydrogen-bond acceptors (Lipinski definition) is 4. The Labute approximate surface area is 89.4 Å². The summed E-state index contributed by atoms with van der Waals surface area (Å²) in [5.41, 5.74) is 0.853. The molecule has 1 N–H and O–H groups in total.